The Morgan fingerprint density at radius 1 is 0.314 bits per heavy atom. The zero-order valence-electron chi connectivity index (χ0n) is 47.6. The second-order valence-electron chi connectivity index (χ2n) is 21.5. The fourth-order valence-electron chi connectivity index (χ4n) is 10.3. The second-order valence-corrected chi connectivity index (χ2v) is 23.0. The number of nitrogens with zero attached hydrogens (tertiary/aromatic N) is 2. The molecular weight excluding hydrogens is 891 g/mol. The first kappa shape index (κ1) is 64.1. The van der Waals surface area contributed by atoms with Gasteiger partial charge in [0, 0.05) is 22.3 Å². The van der Waals surface area contributed by atoms with E-state index >= 15 is 0 Å². The van der Waals surface area contributed by atoms with Gasteiger partial charge in [0.1, 0.15) is 0 Å². The molecule has 1 aliphatic heterocycles. The molecule has 0 radical (unpaired) electrons. The van der Waals surface area contributed by atoms with Crippen molar-refractivity contribution in [1.29, 1.82) is 0 Å². The minimum atomic E-state index is 1.02. The number of hydrogen-bond donors (Lipinski definition) is 0. The van der Waals surface area contributed by atoms with Crippen LogP contribution in [0.4, 0.5) is 0 Å². The molecule has 70 heavy (non-hydrogen) atoms. The first-order chi connectivity index (χ1) is 34.6. The fraction of sp³-hybridized carbons (Fsp3) is 0.761. The van der Waals surface area contributed by atoms with Gasteiger partial charge in [0.25, 0.3) is 0 Å². The molecule has 0 saturated carbocycles. The molecule has 0 aromatic heterocycles. The van der Waals surface area contributed by atoms with E-state index < -0.39 is 0 Å². The van der Waals surface area contributed by atoms with Crippen LogP contribution < -0.4 is 0 Å². The maximum absolute atomic E-state index is 12.1. The molecule has 2 aromatic carbocycles. The van der Waals surface area contributed by atoms with Crippen molar-refractivity contribution in [3.8, 4) is 0 Å². The van der Waals surface area contributed by atoms with E-state index in [4.69, 9.17) is 0 Å². The summed E-state index contributed by atoms with van der Waals surface area (Å²) < 4.78 is 1.59. The van der Waals surface area contributed by atoms with Gasteiger partial charge in [0.05, 0.1) is 0 Å². The molecule has 0 saturated heterocycles. The number of aryl methyl sites for hydroxylation is 2. The molecule has 0 fully saturated rings. The van der Waals surface area contributed by atoms with Gasteiger partial charge in [-0.1, -0.05) is 187 Å². The molecule has 0 N–H and O–H groups in total. The quantitative estimate of drug-likeness (QED) is 0.0359. The molecule has 0 atom stereocenters. The van der Waals surface area contributed by atoms with E-state index in [1.54, 1.807) is 4.70 Å². The standard InChI is InChI=1S/C49H78N2.2C9H19.Ni/c1-5-9-13-15-16-17-18-19-20-21-22-23-24-25-26-27-29-36-47-46(35-12-8-4)48(44-39-37-42(38-40-44)32-28-14-10-6-2)51(50)49(47)45-34-30-33-43(41-45)31-11-7-3;2*1-3-5-7-9-8-6-4-2;/h30,33-34,37-41H,5-29,31-32,35-36H2,1-4H3;2*1,3-9H2,2H3;. The fourth-order valence-corrected chi connectivity index (χ4v) is 11.5. The van der Waals surface area contributed by atoms with E-state index in [1.165, 1.54) is 276 Å². The molecule has 404 valence electrons. The summed E-state index contributed by atoms with van der Waals surface area (Å²) in [6.45, 7) is 13.7. The minimum absolute atomic E-state index is 1.02. The zero-order valence-corrected chi connectivity index (χ0v) is 48.6. The van der Waals surface area contributed by atoms with E-state index in [9.17, 15) is 5.53 Å². The topological polar surface area (TPSA) is 25.3 Å². The van der Waals surface area contributed by atoms with Gasteiger partial charge in [0.2, 0.25) is 11.4 Å². The Morgan fingerprint density at radius 2 is 0.643 bits per heavy atom. The summed E-state index contributed by atoms with van der Waals surface area (Å²) in [5.74, 6) is 0. The van der Waals surface area contributed by atoms with Crippen LogP contribution in [0, 0.1) is 0 Å². The van der Waals surface area contributed by atoms with Gasteiger partial charge in [-0.2, -0.15) is 0 Å². The van der Waals surface area contributed by atoms with Gasteiger partial charge in [0.15, 0.2) is 0 Å². The van der Waals surface area contributed by atoms with Crippen LogP contribution in [0.1, 0.15) is 327 Å². The summed E-state index contributed by atoms with van der Waals surface area (Å²) in [5, 5.41) is 2.85. The Morgan fingerprint density at radius 3 is 1.09 bits per heavy atom. The van der Waals surface area contributed by atoms with Crippen LogP contribution in [0.15, 0.2) is 59.7 Å². The number of unbranched alkanes of at least 4 members (excludes halogenated alkanes) is 33. The third kappa shape index (κ3) is 30.9. The Kier molecular flexibility index (Phi) is 42.9. The van der Waals surface area contributed by atoms with E-state index in [1.807, 2.05) is 14.4 Å². The Balaban J connectivity index is 0.000000744. The third-order valence-corrected chi connectivity index (χ3v) is 16.3. The van der Waals surface area contributed by atoms with Crippen LogP contribution in [0.25, 0.3) is 16.9 Å². The molecule has 1 aliphatic rings. The Hall–Kier alpha value is -1.99. The SMILES string of the molecule is CCCCCCCCCCCCCCCCCCCC1=C(c2cccc(CCCC)c2)[N+](=[N-])C(c2ccc(CCCCCC)cc2)=C1CCCC.CCCCCCCC[CH2][Ni][CH2]CCCCCCCC. The third-order valence-electron chi connectivity index (χ3n) is 14.9. The van der Waals surface area contributed by atoms with Crippen LogP contribution in [0.2, 0.25) is 10.8 Å². The van der Waals surface area contributed by atoms with Gasteiger partial charge in [-0.05, 0) is 86.8 Å². The van der Waals surface area contributed by atoms with Crippen LogP contribution in [-0.4, -0.2) is 4.70 Å². The normalized spacial score (nSPS) is 12.7. The average Bonchev–Trinajstić information content (AvgIpc) is 3.66. The molecule has 0 spiro atoms. The van der Waals surface area contributed by atoms with Crippen molar-refractivity contribution >= 4 is 11.4 Å². The molecule has 3 rings (SSSR count). The monoisotopic (exact) mass is 1010 g/mol. The van der Waals surface area contributed by atoms with Gasteiger partial charge >= 0.3 is 129 Å². The first-order valence-electron chi connectivity index (χ1n) is 31.1. The van der Waals surface area contributed by atoms with Gasteiger partial charge < -0.3 is 5.53 Å². The molecule has 1 heterocycles. The summed E-state index contributed by atoms with van der Waals surface area (Å²) in [6.07, 6.45) is 58.2. The van der Waals surface area contributed by atoms with E-state index in [0.29, 0.717) is 0 Å². The van der Waals surface area contributed by atoms with Gasteiger partial charge in [-0.25, -0.2) is 4.70 Å². The van der Waals surface area contributed by atoms with E-state index in [2.05, 4.69) is 90.1 Å². The number of allylic oxidation sites excluding steroid dienone is 2. The van der Waals surface area contributed by atoms with Crippen molar-refractivity contribution in [1.82, 2.24) is 0 Å². The molecule has 0 amide bonds. The maximum atomic E-state index is 12.1. The van der Waals surface area contributed by atoms with Crippen LogP contribution in [-0.2, 0) is 27.3 Å². The van der Waals surface area contributed by atoms with Crippen LogP contribution >= 0.6 is 0 Å². The Labute approximate surface area is 444 Å². The first-order valence-corrected chi connectivity index (χ1v) is 32.5. The predicted octanol–water partition coefficient (Wildman–Crippen LogP) is 24.0. The van der Waals surface area contributed by atoms with E-state index in [0.717, 1.165) is 55.5 Å². The number of benzene rings is 2. The summed E-state index contributed by atoms with van der Waals surface area (Å²) >= 11 is 2.01. The summed E-state index contributed by atoms with van der Waals surface area (Å²) in [5.41, 5.74) is 22.0. The van der Waals surface area contributed by atoms with Crippen molar-refractivity contribution < 1.29 is 19.1 Å². The molecule has 0 bridgehead atoms. The summed E-state index contributed by atoms with van der Waals surface area (Å²) in [6, 6.07) is 18.2. The van der Waals surface area contributed by atoms with Gasteiger partial charge in [-0.3, -0.25) is 0 Å². The number of rotatable bonds is 47. The van der Waals surface area contributed by atoms with E-state index in [-0.39, 0.29) is 0 Å². The molecule has 2 aromatic rings. The summed E-state index contributed by atoms with van der Waals surface area (Å²) in [4.78, 5) is 0. The Bertz CT molecular complexity index is 1550. The van der Waals surface area contributed by atoms with Crippen molar-refractivity contribution in [2.45, 2.75) is 328 Å². The molecule has 2 nitrogen and oxygen atoms in total. The molecular formula is C67H116N2Ni. The van der Waals surface area contributed by atoms with Gasteiger partial charge in [-0.15, -0.1) is 0 Å². The molecule has 0 unspecified atom stereocenters. The van der Waals surface area contributed by atoms with Crippen LogP contribution in [0.3, 0.4) is 0 Å². The van der Waals surface area contributed by atoms with Crippen molar-refractivity contribution in [2.24, 2.45) is 0 Å². The molecule has 3 heteroatoms. The number of hydrogen-bond acceptors (Lipinski definition) is 0. The zero-order chi connectivity index (χ0) is 50.4. The predicted molar refractivity (Wildman–Crippen MR) is 311 cm³/mol. The van der Waals surface area contributed by atoms with Crippen molar-refractivity contribution in [3.63, 3.8) is 0 Å². The van der Waals surface area contributed by atoms with Crippen molar-refractivity contribution in [2.75, 3.05) is 0 Å². The molecule has 0 aliphatic carbocycles. The summed E-state index contributed by atoms with van der Waals surface area (Å²) in [7, 11) is 0. The average molecular weight is 1010 g/mol. The second kappa shape index (κ2) is 46.8. The van der Waals surface area contributed by atoms with Crippen LogP contribution in [0.5, 0.6) is 0 Å². The van der Waals surface area contributed by atoms with Crippen molar-refractivity contribution in [3.05, 3.63) is 87.5 Å².